The molecule has 3 heterocycles. The third-order valence-electron chi connectivity index (χ3n) is 5.19. The Bertz CT molecular complexity index is 1000. The van der Waals surface area contributed by atoms with Gasteiger partial charge in [-0.2, -0.15) is 0 Å². The lowest BCUT2D eigenvalue weighted by Crippen LogP contribution is -3.14. The zero-order chi connectivity index (χ0) is 20.4. The van der Waals surface area contributed by atoms with Crippen LogP contribution in [0.5, 0.6) is 11.5 Å². The average molecular weight is 415 g/mol. The molecule has 7 nitrogen and oxygen atoms in total. The first kappa shape index (κ1) is 19.5. The quantitative estimate of drug-likeness (QED) is 0.647. The van der Waals surface area contributed by atoms with E-state index in [9.17, 15) is 4.79 Å². The minimum absolute atomic E-state index is 0.0587. The summed E-state index contributed by atoms with van der Waals surface area (Å²) < 4.78 is 16.0. The topological polar surface area (TPSA) is 78.0 Å². The number of benzene rings is 1. The summed E-state index contributed by atoms with van der Waals surface area (Å²) in [6.45, 7) is 2.97. The van der Waals surface area contributed by atoms with Crippen molar-refractivity contribution in [3.63, 3.8) is 0 Å². The molecule has 1 aliphatic heterocycles. The Morgan fingerprint density at radius 1 is 1.31 bits per heavy atom. The van der Waals surface area contributed by atoms with Crippen LogP contribution in [0.15, 0.2) is 40.2 Å². The normalized spacial score (nSPS) is 18.2. The van der Waals surface area contributed by atoms with Gasteiger partial charge in [0.25, 0.3) is 5.91 Å². The summed E-state index contributed by atoms with van der Waals surface area (Å²) in [7, 11) is 3.29. The third-order valence-corrected chi connectivity index (χ3v) is 6.13. The van der Waals surface area contributed by atoms with Crippen molar-refractivity contribution < 1.29 is 23.7 Å². The Morgan fingerprint density at radius 3 is 2.76 bits per heavy atom. The summed E-state index contributed by atoms with van der Waals surface area (Å²) in [5.74, 6) is 2.47. The van der Waals surface area contributed by atoms with Gasteiger partial charge in [-0.25, -0.2) is 0 Å². The molecular formula is C21H24N3O4S+. The standard InChI is InChI=1S/C21H23N3O4S/c1-13-9-19(23-28-13)22-20(25)12-24-7-6-14-10-16(26-2)17(27-3)11-15(14)21(24)18-5-4-8-29-18/h4-5,8-11,21H,6-7,12H2,1-3H3,(H,22,23,25)/p+1/t21-/m1/s1. The monoisotopic (exact) mass is 414 g/mol. The molecule has 1 amide bonds. The molecule has 0 radical (unpaired) electrons. The molecule has 4 rings (SSSR count). The third kappa shape index (κ3) is 3.99. The van der Waals surface area contributed by atoms with E-state index in [4.69, 9.17) is 14.0 Å². The molecule has 29 heavy (non-hydrogen) atoms. The first-order valence-corrected chi connectivity index (χ1v) is 10.3. The van der Waals surface area contributed by atoms with E-state index in [2.05, 4.69) is 34.1 Å². The Labute approximate surface area is 173 Å². The number of amides is 1. The molecule has 0 spiro atoms. The van der Waals surface area contributed by atoms with Crippen LogP contribution in [-0.4, -0.2) is 38.4 Å². The van der Waals surface area contributed by atoms with Crippen LogP contribution in [0.25, 0.3) is 0 Å². The summed E-state index contributed by atoms with van der Waals surface area (Å²) in [4.78, 5) is 15.1. The molecule has 8 heteroatoms. The molecule has 0 bridgehead atoms. The van der Waals surface area contributed by atoms with E-state index >= 15 is 0 Å². The molecule has 2 N–H and O–H groups in total. The molecule has 0 fully saturated rings. The van der Waals surface area contributed by atoms with E-state index in [1.165, 1.54) is 20.9 Å². The number of methoxy groups -OCH3 is 2. The number of nitrogens with one attached hydrogen (secondary N) is 2. The number of hydrogen-bond acceptors (Lipinski definition) is 6. The van der Waals surface area contributed by atoms with Gasteiger partial charge in [-0.1, -0.05) is 11.2 Å². The van der Waals surface area contributed by atoms with Crippen molar-refractivity contribution in [1.29, 1.82) is 0 Å². The number of aromatic nitrogens is 1. The fourth-order valence-corrected chi connectivity index (χ4v) is 4.80. The van der Waals surface area contributed by atoms with Crippen LogP contribution in [0.4, 0.5) is 5.82 Å². The molecule has 152 valence electrons. The van der Waals surface area contributed by atoms with Crippen LogP contribution >= 0.6 is 11.3 Å². The van der Waals surface area contributed by atoms with E-state index in [-0.39, 0.29) is 11.9 Å². The second-order valence-electron chi connectivity index (χ2n) is 7.06. The molecule has 1 aliphatic rings. The average Bonchev–Trinajstić information content (AvgIpc) is 3.38. The predicted molar refractivity (Wildman–Crippen MR) is 110 cm³/mol. The highest BCUT2D eigenvalue weighted by atomic mass is 32.1. The summed E-state index contributed by atoms with van der Waals surface area (Å²) in [5, 5.41) is 8.76. The smallest absolute Gasteiger partial charge is 0.280 e. The zero-order valence-electron chi connectivity index (χ0n) is 16.7. The SMILES string of the molecule is COc1cc2c(cc1OC)[C@H](c1cccs1)[NH+](CC(=O)Nc1cc(C)on1)CC2. The Kier molecular flexibility index (Phi) is 5.55. The lowest BCUT2D eigenvalue weighted by atomic mass is 9.91. The van der Waals surface area contributed by atoms with Crippen LogP contribution in [0.2, 0.25) is 0 Å². The van der Waals surface area contributed by atoms with Crippen molar-refractivity contribution in [3.8, 4) is 11.5 Å². The van der Waals surface area contributed by atoms with Gasteiger partial charge >= 0.3 is 0 Å². The lowest BCUT2D eigenvalue weighted by molar-refractivity contribution is -0.919. The van der Waals surface area contributed by atoms with Crippen LogP contribution in [0, 0.1) is 6.92 Å². The van der Waals surface area contributed by atoms with Crippen LogP contribution < -0.4 is 19.7 Å². The van der Waals surface area contributed by atoms with Crippen LogP contribution in [0.1, 0.15) is 27.8 Å². The zero-order valence-corrected chi connectivity index (χ0v) is 17.5. The highest BCUT2D eigenvalue weighted by Gasteiger charge is 2.35. The number of hydrogen-bond donors (Lipinski definition) is 2. The molecule has 2 atom stereocenters. The van der Waals surface area contributed by atoms with Crippen molar-refractivity contribution in [2.24, 2.45) is 0 Å². The second-order valence-corrected chi connectivity index (χ2v) is 8.04. The molecule has 1 aromatic carbocycles. The van der Waals surface area contributed by atoms with Crippen molar-refractivity contribution in [2.45, 2.75) is 19.4 Å². The number of carbonyl (C=O) groups is 1. The van der Waals surface area contributed by atoms with Gasteiger partial charge < -0.3 is 24.2 Å². The van der Waals surface area contributed by atoms with Gasteiger partial charge in [0, 0.05) is 18.1 Å². The Morgan fingerprint density at radius 2 is 2.10 bits per heavy atom. The van der Waals surface area contributed by atoms with Crippen molar-refractivity contribution in [3.05, 3.63) is 57.5 Å². The van der Waals surface area contributed by atoms with Crippen molar-refractivity contribution in [2.75, 3.05) is 32.6 Å². The van der Waals surface area contributed by atoms with E-state index in [1.54, 1.807) is 38.5 Å². The number of anilines is 1. The van der Waals surface area contributed by atoms with Crippen LogP contribution in [0.3, 0.4) is 0 Å². The molecule has 0 aliphatic carbocycles. The number of nitrogens with zero attached hydrogens (tertiary/aromatic N) is 1. The second kappa shape index (κ2) is 8.26. The summed E-state index contributed by atoms with van der Waals surface area (Å²) in [6, 6.07) is 10.1. The van der Waals surface area contributed by atoms with Gasteiger partial charge in [-0.05, 0) is 36.1 Å². The highest BCUT2D eigenvalue weighted by molar-refractivity contribution is 7.10. The first-order chi connectivity index (χ1) is 14.1. The Balaban J connectivity index is 1.64. The number of ether oxygens (including phenoxy) is 2. The maximum absolute atomic E-state index is 12.7. The maximum atomic E-state index is 12.7. The minimum atomic E-state index is -0.0845. The van der Waals surface area contributed by atoms with Crippen LogP contribution in [-0.2, 0) is 11.2 Å². The minimum Gasteiger partial charge on any atom is -0.493 e. The number of carbonyl (C=O) groups excluding carboxylic acids is 1. The summed E-state index contributed by atoms with van der Waals surface area (Å²) in [6.07, 6.45) is 0.864. The van der Waals surface area contributed by atoms with Crippen molar-refractivity contribution >= 4 is 23.1 Å². The van der Waals surface area contributed by atoms with E-state index in [0.29, 0.717) is 23.9 Å². The molecule has 2 aromatic heterocycles. The fourth-order valence-electron chi connectivity index (χ4n) is 3.90. The fraction of sp³-hybridized carbons (Fsp3) is 0.333. The summed E-state index contributed by atoms with van der Waals surface area (Å²) >= 11 is 1.70. The first-order valence-electron chi connectivity index (χ1n) is 9.45. The molecule has 0 saturated heterocycles. The van der Waals surface area contributed by atoms with Gasteiger partial charge in [0.15, 0.2) is 23.9 Å². The largest absolute Gasteiger partial charge is 0.493 e. The van der Waals surface area contributed by atoms with Gasteiger partial charge in [0.2, 0.25) is 0 Å². The predicted octanol–water partition coefficient (Wildman–Crippen LogP) is 2.23. The number of quaternary nitrogens is 1. The molecule has 3 aromatic rings. The van der Waals surface area contributed by atoms with Gasteiger partial charge in [0.05, 0.1) is 25.6 Å². The molecule has 1 unspecified atom stereocenters. The lowest BCUT2D eigenvalue weighted by Gasteiger charge is -2.34. The van der Waals surface area contributed by atoms with E-state index in [0.717, 1.165) is 18.7 Å². The Hall–Kier alpha value is -2.84. The van der Waals surface area contributed by atoms with Gasteiger partial charge in [-0.3, -0.25) is 4.79 Å². The molecule has 0 saturated carbocycles. The molecular weight excluding hydrogens is 390 g/mol. The van der Waals surface area contributed by atoms with Gasteiger partial charge in [0.1, 0.15) is 11.8 Å². The van der Waals surface area contributed by atoms with E-state index < -0.39 is 0 Å². The number of rotatable bonds is 6. The van der Waals surface area contributed by atoms with Gasteiger partial charge in [-0.15, -0.1) is 11.3 Å². The number of aryl methyl sites for hydroxylation is 1. The summed E-state index contributed by atoms with van der Waals surface area (Å²) in [5.41, 5.74) is 2.41. The maximum Gasteiger partial charge on any atom is 0.280 e. The number of fused-ring (bicyclic) bond motifs is 1. The highest BCUT2D eigenvalue weighted by Crippen LogP contribution is 2.37. The van der Waals surface area contributed by atoms with Crippen molar-refractivity contribution in [1.82, 2.24) is 5.16 Å². The van der Waals surface area contributed by atoms with E-state index in [1.807, 2.05) is 6.07 Å². The number of thiophene rings is 1.